The van der Waals surface area contributed by atoms with Gasteiger partial charge in [-0.25, -0.2) is 13.1 Å². The van der Waals surface area contributed by atoms with Gasteiger partial charge in [0.1, 0.15) is 10.6 Å². The van der Waals surface area contributed by atoms with Gasteiger partial charge in [-0.3, -0.25) is 0 Å². The molecule has 7 heteroatoms. The van der Waals surface area contributed by atoms with Crippen LogP contribution >= 0.6 is 0 Å². The lowest BCUT2D eigenvalue weighted by Crippen LogP contribution is -2.28. The molecule has 0 bridgehead atoms. The van der Waals surface area contributed by atoms with Crippen LogP contribution in [0.1, 0.15) is 11.1 Å². The van der Waals surface area contributed by atoms with E-state index >= 15 is 0 Å². The summed E-state index contributed by atoms with van der Waals surface area (Å²) in [5.41, 5.74) is 7.15. The SMILES string of the molecule is COc1cc(C)c(C)cc1S(=O)(=O)NCCOCCN. The van der Waals surface area contributed by atoms with E-state index in [9.17, 15) is 8.42 Å². The lowest BCUT2D eigenvalue weighted by atomic mass is 10.1. The Morgan fingerprint density at radius 1 is 1.20 bits per heavy atom. The minimum Gasteiger partial charge on any atom is -0.495 e. The average Bonchev–Trinajstić information content (AvgIpc) is 2.41. The van der Waals surface area contributed by atoms with Crippen molar-refractivity contribution in [1.29, 1.82) is 0 Å². The normalized spacial score (nSPS) is 11.6. The van der Waals surface area contributed by atoms with Crippen molar-refractivity contribution in [2.45, 2.75) is 18.7 Å². The minimum atomic E-state index is -3.62. The number of aryl methyl sites for hydroxylation is 2. The second kappa shape index (κ2) is 7.58. The number of rotatable bonds is 8. The molecule has 0 radical (unpaired) electrons. The first-order valence-corrected chi connectivity index (χ1v) is 7.83. The fourth-order valence-corrected chi connectivity index (χ4v) is 2.89. The van der Waals surface area contributed by atoms with Crippen LogP contribution in [0, 0.1) is 13.8 Å². The van der Waals surface area contributed by atoms with Gasteiger partial charge in [-0.1, -0.05) is 0 Å². The Balaban J connectivity index is 2.84. The highest BCUT2D eigenvalue weighted by atomic mass is 32.2. The summed E-state index contributed by atoms with van der Waals surface area (Å²) in [5, 5.41) is 0. The average molecular weight is 302 g/mol. The van der Waals surface area contributed by atoms with Crippen molar-refractivity contribution in [3.05, 3.63) is 23.3 Å². The summed E-state index contributed by atoms with van der Waals surface area (Å²) in [6, 6.07) is 3.33. The molecule has 0 saturated carbocycles. The quantitative estimate of drug-likeness (QED) is 0.685. The summed E-state index contributed by atoms with van der Waals surface area (Å²) in [4.78, 5) is 0.141. The maximum Gasteiger partial charge on any atom is 0.244 e. The third kappa shape index (κ3) is 4.45. The van der Waals surface area contributed by atoms with Crippen molar-refractivity contribution >= 4 is 10.0 Å². The molecule has 1 rings (SSSR count). The minimum absolute atomic E-state index is 0.141. The van der Waals surface area contributed by atoms with Gasteiger partial charge in [-0.15, -0.1) is 0 Å². The van der Waals surface area contributed by atoms with E-state index in [-0.39, 0.29) is 18.0 Å². The summed E-state index contributed by atoms with van der Waals surface area (Å²) < 4.78 is 37.2. The van der Waals surface area contributed by atoms with Crippen LogP contribution in [0.4, 0.5) is 0 Å². The van der Waals surface area contributed by atoms with Gasteiger partial charge in [0.25, 0.3) is 0 Å². The zero-order valence-electron chi connectivity index (χ0n) is 12.1. The van der Waals surface area contributed by atoms with Gasteiger partial charge in [0, 0.05) is 13.1 Å². The molecule has 20 heavy (non-hydrogen) atoms. The lowest BCUT2D eigenvalue weighted by molar-refractivity contribution is 0.147. The third-order valence-corrected chi connectivity index (χ3v) is 4.35. The van der Waals surface area contributed by atoms with Crippen LogP contribution in [0.15, 0.2) is 17.0 Å². The molecule has 0 aliphatic heterocycles. The van der Waals surface area contributed by atoms with Crippen LogP contribution in [0.3, 0.4) is 0 Å². The van der Waals surface area contributed by atoms with Crippen LogP contribution in [0.2, 0.25) is 0 Å². The molecule has 1 aromatic rings. The molecule has 114 valence electrons. The molecule has 0 saturated heterocycles. The largest absolute Gasteiger partial charge is 0.495 e. The number of sulfonamides is 1. The molecule has 3 N–H and O–H groups in total. The fraction of sp³-hybridized carbons (Fsp3) is 0.538. The lowest BCUT2D eigenvalue weighted by Gasteiger charge is -2.13. The van der Waals surface area contributed by atoms with Crippen molar-refractivity contribution in [3.63, 3.8) is 0 Å². The van der Waals surface area contributed by atoms with Gasteiger partial charge in [0.15, 0.2) is 0 Å². The van der Waals surface area contributed by atoms with Gasteiger partial charge < -0.3 is 15.2 Å². The first-order valence-electron chi connectivity index (χ1n) is 6.35. The summed E-state index contributed by atoms with van der Waals surface area (Å²) in [6.45, 7) is 5.06. The molecule has 0 aliphatic carbocycles. The number of hydrogen-bond donors (Lipinski definition) is 2. The maximum atomic E-state index is 12.2. The third-order valence-electron chi connectivity index (χ3n) is 2.87. The monoisotopic (exact) mass is 302 g/mol. The van der Waals surface area contributed by atoms with Gasteiger partial charge in [0.2, 0.25) is 10.0 Å². The molecule has 0 fully saturated rings. The molecule has 0 aliphatic rings. The first-order chi connectivity index (χ1) is 9.42. The van der Waals surface area contributed by atoms with Gasteiger partial charge >= 0.3 is 0 Å². The van der Waals surface area contributed by atoms with E-state index in [4.69, 9.17) is 15.2 Å². The Labute approximate surface area is 120 Å². The Bertz CT molecular complexity index is 544. The van der Waals surface area contributed by atoms with E-state index in [2.05, 4.69) is 4.72 Å². The Kier molecular flexibility index (Phi) is 6.41. The predicted molar refractivity (Wildman–Crippen MR) is 77.5 cm³/mol. The van der Waals surface area contributed by atoms with Crippen molar-refractivity contribution in [2.75, 3.05) is 33.4 Å². The van der Waals surface area contributed by atoms with Crippen molar-refractivity contribution in [2.24, 2.45) is 5.73 Å². The van der Waals surface area contributed by atoms with Crippen LogP contribution in [0.25, 0.3) is 0 Å². The van der Waals surface area contributed by atoms with Crippen LogP contribution < -0.4 is 15.2 Å². The standard InChI is InChI=1S/C13H22N2O4S/c1-10-8-12(18-3)13(9-11(10)2)20(16,17)15-5-7-19-6-4-14/h8-9,15H,4-7,14H2,1-3H3. The van der Waals surface area contributed by atoms with E-state index in [0.717, 1.165) is 11.1 Å². The number of ether oxygens (including phenoxy) is 2. The highest BCUT2D eigenvalue weighted by Crippen LogP contribution is 2.26. The number of nitrogens with one attached hydrogen (secondary N) is 1. The second-order valence-corrected chi connectivity index (χ2v) is 6.12. The molecule has 6 nitrogen and oxygen atoms in total. The number of methoxy groups -OCH3 is 1. The van der Waals surface area contributed by atoms with Gasteiger partial charge in [-0.2, -0.15) is 0 Å². The van der Waals surface area contributed by atoms with Crippen LogP contribution in [-0.2, 0) is 14.8 Å². The molecule has 0 amide bonds. The summed E-state index contributed by atoms with van der Waals surface area (Å²) in [5.74, 6) is 0.337. The molecular formula is C13H22N2O4S. The topological polar surface area (TPSA) is 90.7 Å². The van der Waals surface area contributed by atoms with E-state index in [1.165, 1.54) is 7.11 Å². The Hall–Kier alpha value is -1.15. The fourth-order valence-electron chi connectivity index (χ4n) is 1.64. The molecular weight excluding hydrogens is 280 g/mol. The molecule has 0 aromatic heterocycles. The van der Waals surface area contributed by atoms with E-state index < -0.39 is 10.0 Å². The Morgan fingerprint density at radius 2 is 1.85 bits per heavy atom. The number of benzene rings is 1. The zero-order valence-corrected chi connectivity index (χ0v) is 12.9. The summed E-state index contributed by atoms with van der Waals surface area (Å²) in [6.07, 6.45) is 0. The predicted octanol–water partition coefficient (Wildman–Crippen LogP) is 0.566. The summed E-state index contributed by atoms with van der Waals surface area (Å²) >= 11 is 0. The van der Waals surface area contributed by atoms with Crippen molar-refractivity contribution in [3.8, 4) is 5.75 Å². The molecule has 0 unspecified atom stereocenters. The summed E-state index contributed by atoms with van der Waals surface area (Å²) in [7, 11) is -2.16. The number of hydrogen-bond acceptors (Lipinski definition) is 5. The van der Waals surface area contributed by atoms with Crippen molar-refractivity contribution in [1.82, 2.24) is 4.72 Å². The van der Waals surface area contributed by atoms with Gasteiger partial charge in [0.05, 0.1) is 20.3 Å². The molecule has 1 aromatic carbocycles. The first kappa shape index (κ1) is 16.9. The highest BCUT2D eigenvalue weighted by Gasteiger charge is 2.20. The van der Waals surface area contributed by atoms with E-state index in [1.807, 2.05) is 13.8 Å². The van der Waals surface area contributed by atoms with E-state index in [1.54, 1.807) is 12.1 Å². The Morgan fingerprint density at radius 3 is 2.45 bits per heavy atom. The van der Waals surface area contributed by atoms with Crippen LogP contribution in [-0.4, -0.2) is 41.8 Å². The smallest absolute Gasteiger partial charge is 0.244 e. The maximum absolute atomic E-state index is 12.2. The highest BCUT2D eigenvalue weighted by molar-refractivity contribution is 7.89. The van der Waals surface area contributed by atoms with Crippen molar-refractivity contribution < 1.29 is 17.9 Å². The second-order valence-electron chi connectivity index (χ2n) is 4.39. The molecule has 0 heterocycles. The molecule has 0 atom stereocenters. The number of nitrogens with two attached hydrogens (primary N) is 1. The zero-order chi connectivity index (χ0) is 15.2. The van der Waals surface area contributed by atoms with Gasteiger partial charge in [-0.05, 0) is 37.1 Å². The molecule has 0 spiro atoms. The van der Waals surface area contributed by atoms with E-state index in [0.29, 0.717) is 18.9 Å². The van der Waals surface area contributed by atoms with Crippen LogP contribution in [0.5, 0.6) is 5.75 Å².